The van der Waals surface area contributed by atoms with Gasteiger partial charge in [0.05, 0.1) is 5.69 Å². The van der Waals surface area contributed by atoms with E-state index in [0.29, 0.717) is 10.7 Å². The maximum absolute atomic E-state index is 13.4. The number of anilines is 2. The van der Waals surface area contributed by atoms with Gasteiger partial charge in [0.15, 0.2) is 17.5 Å². The number of nitrogens with one attached hydrogen (secondary N) is 2. The summed E-state index contributed by atoms with van der Waals surface area (Å²) >= 11 is 5.96. The minimum absolute atomic E-state index is 0.0182. The summed E-state index contributed by atoms with van der Waals surface area (Å²) in [6.07, 6.45) is 0.0182. The van der Waals surface area contributed by atoms with Crippen LogP contribution >= 0.6 is 11.6 Å². The van der Waals surface area contributed by atoms with Gasteiger partial charge in [-0.3, -0.25) is 4.79 Å². The molecule has 0 aromatic heterocycles. The molecular formula is C16H14ClF3N2O. The molecule has 0 spiro atoms. The van der Waals surface area contributed by atoms with E-state index in [1.165, 1.54) is 0 Å². The monoisotopic (exact) mass is 342 g/mol. The van der Waals surface area contributed by atoms with Crippen molar-refractivity contribution in [3.63, 3.8) is 0 Å². The fourth-order valence-corrected chi connectivity index (χ4v) is 2.10. The minimum atomic E-state index is -1.55. The predicted molar refractivity (Wildman–Crippen MR) is 84.2 cm³/mol. The van der Waals surface area contributed by atoms with E-state index in [4.69, 9.17) is 11.6 Å². The highest BCUT2D eigenvalue weighted by Gasteiger charge is 2.13. The number of hydrogen-bond donors (Lipinski definition) is 2. The van der Waals surface area contributed by atoms with Crippen LogP contribution in [0.1, 0.15) is 12.0 Å². The Balaban J connectivity index is 1.90. The van der Waals surface area contributed by atoms with Gasteiger partial charge in [-0.15, -0.1) is 0 Å². The highest BCUT2D eigenvalue weighted by molar-refractivity contribution is 6.31. The van der Waals surface area contributed by atoms with Crippen molar-refractivity contribution in [2.75, 3.05) is 17.2 Å². The zero-order valence-electron chi connectivity index (χ0n) is 12.2. The van der Waals surface area contributed by atoms with Crippen LogP contribution in [0.5, 0.6) is 0 Å². The summed E-state index contributed by atoms with van der Waals surface area (Å²) in [4.78, 5) is 11.9. The van der Waals surface area contributed by atoms with Crippen molar-refractivity contribution in [2.24, 2.45) is 0 Å². The van der Waals surface area contributed by atoms with Gasteiger partial charge in [0.1, 0.15) is 0 Å². The molecule has 0 aliphatic heterocycles. The molecule has 0 aliphatic rings. The fraction of sp³-hybridized carbons (Fsp3) is 0.188. The zero-order chi connectivity index (χ0) is 17.0. The van der Waals surface area contributed by atoms with Crippen molar-refractivity contribution in [2.45, 2.75) is 13.3 Å². The first-order valence-electron chi connectivity index (χ1n) is 6.82. The van der Waals surface area contributed by atoms with Crippen molar-refractivity contribution in [1.82, 2.24) is 0 Å². The molecule has 0 unspecified atom stereocenters. The molecule has 122 valence electrons. The van der Waals surface area contributed by atoms with Crippen molar-refractivity contribution < 1.29 is 18.0 Å². The van der Waals surface area contributed by atoms with E-state index in [0.717, 1.165) is 17.7 Å². The molecule has 0 bridgehead atoms. The van der Waals surface area contributed by atoms with Crippen LogP contribution in [-0.4, -0.2) is 12.5 Å². The molecular weight excluding hydrogens is 329 g/mol. The maximum Gasteiger partial charge on any atom is 0.226 e. The van der Waals surface area contributed by atoms with E-state index in [1.807, 2.05) is 0 Å². The number of rotatable bonds is 5. The molecule has 1 amide bonds. The number of halogens is 4. The first-order valence-corrected chi connectivity index (χ1v) is 7.20. The Morgan fingerprint density at radius 2 is 1.83 bits per heavy atom. The van der Waals surface area contributed by atoms with Crippen LogP contribution in [0.2, 0.25) is 5.02 Å². The smallest absolute Gasteiger partial charge is 0.226 e. The van der Waals surface area contributed by atoms with Gasteiger partial charge in [0.2, 0.25) is 5.91 Å². The molecule has 0 atom stereocenters. The van der Waals surface area contributed by atoms with Gasteiger partial charge in [0, 0.05) is 23.7 Å². The Morgan fingerprint density at radius 1 is 1.09 bits per heavy atom. The van der Waals surface area contributed by atoms with Crippen LogP contribution in [0.3, 0.4) is 0 Å². The standard InChI is InChI=1S/C16H14ClF3N2O/c1-9-10(17)3-2-4-12(9)22-14(23)7-8-21-13-6-5-11(18)15(19)16(13)20/h2-6,21H,7-8H2,1H3,(H,22,23). The van der Waals surface area contributed by atoms with E-state index in [2.05, 4.69) is 10.6 Å². The molecule has 0 fully saturated rings. The Hall–Kier alpha value is -2.21. The van der Waals surface area contributed by atoms with Gasteiger partial charge >= 0.3 is 0 Å². The molecule has 2 N–H and O–H groups in total. The highest BCUT2D eigenvalue weighted by Crippen LogP contribution is 2.23. The predicted octanol–water partition coefficient (Wildman–Crippen LogP) is 4.51. The third kappa shape index (κ3) is 4.16. The lowest BCUT2D eigenvalue weighted by Crippen LogP contribution is -2.17. The summed E-state index contributed by atoms with van der Waals surface area (Å²) in [7, 11) is 0. The van der Waals surface area contributed by atoms with Crippen LogP contribution in [0.15, 0.2) is 30.3 Å². The largest absolute Gasteiger partial charge is 0.382 e. The molecule has 23 heavy (non-hydrogen) atoms. The molecule has 0 aliphatic carbocycles. The van der Waals surface area contributed by atoms with Gasteiger partial charge in [-0.05, 0) is 36.8 Å². The third-order valence-corrected chi connectivity index (χ3v) is 3.65. The number of amides is 1. The average molecular weight is 343 g/mol. The maximum atomic E-state index is 13.4. The molecule has 0 saturated heterocycles. The van der Waals surface area contributed by atoms with Gasteiger partial charge in [-0.2, -0.15) is 0 Å². The second kappa shape index (κ2) is 7.37. The van der Waals surface area contributed by atoms with Crippen LogP contribution in [-0.2, 0) is 4.79 Å². The Kier molecular flexibility index (Phi) is 5.50. The first kappa shape index (κ1) is 17.1. The number of carbonyl (C=O) groups excluding carboxylic acids is 1. The molecule has 7 heteroatoms. The topological polar surface area (TPSA) is 41.1 Å². The Bertz CT molecular complexity index is 738. The van der Waals surface area contributed by atoms with E-state index >= 15 is 0 Å². The van der Waals surface area contributed by atoms with Crippen LogP contribution < -0.4 is 10.6 Å². The Morgan fingerprint density at radius 3 is 2.57 bits per heavy atom. The average Bonchev–Trinajstić information content (AvgIpc) is 2.52. The van der Waals surface area contributed by atoms with E-state index in [-0.39, 0.29) is 24.6 Å². The number of carbonyl (C=O) groups is 1. The van der Waals surface area contributed by atoms with Crippen LogP contribution in [0.25, 0.3) is 0 Å². The van der Waals surface area contributed by atoms with E-state index < -0.39 is 17.5 Å². The Labute approximate surface area is 136 Å². The lowest BCUT2D eigenvalue weighted by Gasteiger charge is -2.11. The fourth-order valence-electron chi connectivity index (χ4n) is 1.93. The summed E-state index contributed by atoms with van der Waals surface area (Å²) < 4.78 is 39.3. The van der Waals surface area contributed by atoms with Crippen molar-refractivity contribution in [1.29, 1.82) is 0 Å². The number of benzene rings is 2. The molecule has 2 rings (SSSR count). The second-order valence-electron chi connectivity index (χ2n) is 4.86. The highest BCUT2D eigenvalue weighted by atomic mass is 35.5. The molecule has 0 heterocycles. The van der Waals surface area contributed by atoms with Crippen molar-refractivity contribution in [3.8, 4) is 0 Å². The summed E-state index contributed by atoms with van der Waals surface area (Å²) in [5.74, 6) is -4.43. The zero-order valence-corrected chi connectivity index (χ0v) is 13.0. The summed E-state index contributed by atoms with van der Waals surface area (Å²) in [6, 6.07) is 7.02. The molecule has 2 aromatic rings. The minimum Gasteiger partial charge on any atom is -0.382 e. The van der Waals surface area contributed by atoms with Gasteiger partial charge < -0.3 is 10.6 Å². The molecule has 0 saturated carbocycles. The van der Waals surface area contributed by atoms with Crippen LogP contribution in [0.4, 0.5) is 24.5 Å². The lowest BCUT2D eigenvalue weighted by atomic mass is 10.2. The first-order chi connectivity index (χ1) is 10.9. The summed E-state index contributed by atoms with van der Waals surface area (Å²) in [5, 5.41) is 5.77. The molecule has 2 aromatic carbocycles. The quantitative estimate of drug-likeness (QED) is 0.785. The lowest BCUT2D eigenvalue weighted by molar-refractivity contribution is -0.115. The summed E-state index contributed by atoms with van der Waals surface area (Å²) in [5.41, 5.74) is 1.12. The van der Waals surface area contributed by atoms with Crippen LogP contribution in [0, 0.1) is 24.4 Å². The van der Waals surface area contributed by atoms with Crippen molar-refractivity contribution >= 4 is 28.9 Å². The number of hydrogen-bond acceptors (Lipinski definition) is 2. The third-order valence-electron chi connectivity index (χ3n) is 3.24. The van der Waals surface area contributed by atoms with Crippen molar-refractivity contribution in [3.05, 3.63) is 58.4 Å². The van der Waals surface area contributed by atoms with E-state index in [1.54, 1.807) is 25.1 Å². The SMILES string of the molecule is Cc1c(Cl)cccc1NC(=O)CCNc1ccc(F)c(F)c1F. The second-order valence-corrected chi connectivity index (χ2v) is 5.27. The van der Waals surface area contributed by atoms with Gasteiger partial charge in [-0.1, -0.05) is 17.7 Å². The van der Waals surface area contributed by atoms with Gasteiger partial charge in [-0.25, -0.2) is 13.2 Å². The normalized spacial score (nSPS) is 10.5. The van der Waals surface area contributed by atoms with Gasteiger partial charge in [0.25, 0.3) is 0 Å². The molecule has 0 radical (unpaired) electrons. The summed E-state index contributed by atoms with van der Waals surface area (Å²) in [6.45, 7) is 1.83. The van der Waals surface area contributed by atoms with E-state index in [9.17, 15) is 18.0 Å². The molecule has 3 nitrogen and oxygen atoms in total.